The molecule has 2 aromatic carbocycles. The van der Waals surface area contributed by atoms with Crippen LogP contribution in [0.4, 0.5) is 10.3 Å². The van der Waals surface area contributed by atoms with E-state index >= 15 is 0 Å². The van der Waals surface area contributed by atoms with Crippen molar-refractivity contribution in [3.05, 3.63) is 77.7 Å². The van der Waals surface area contributed by atoms with E-state index in [0.29, 0.717) is 55.2 Å². The van der Waals surface area contributed by atoms with Gasteiger partial charge in [0.25, 0.3) is 5.91 Å². The molecule has 0 N–H and O–H groups in total. The van der Waals surface area contributed by atoms with Gasteiger partial charge in [-0.25, -0.2) is 9.37 Å². The zero-order chi connectivity index (χ0) is 21.8. The van der Waals surface area contributed by atoms with Gasteiger partial charge in [-0.2, -0.15) is 4.98 Å². The van der Waals surface area contributed by atoms with Crippen LogP contribution in [0.5, 0.6) is 11.6 Å². The maximum Gasteiger partial charge on any atom is 0.253 e. The Morgan fingerprint density at radius 3 is 2.29 bits per heavy atom. The van der Waals surface area contributed by atoms with Crippen LogP contribution >= 0.6 is 0 Å². The second kappa shape index (κ2) is 9.12. The van der Waals surface area contributed by atoms with Crippen molar-refractivity contribution in [1.82, 2.24) is 14.9 Å². The molecule has 3 aromatic rings. The summed E-state index contributed by atoms with van der Waals surface area (Å²) in [7, 11) is 0. The second-order valence-electron chi connectivity index (χ2n) is 7.81. The Kier molecular flexibility index (Phi) is 6.11. The lowest BCUT2D eigenvalue weighted by Gasteiger charge is -2.34. The van der Waals surface area contributed by atoms with E-state index in [0.717, 1.165) is 0 Å². The van der Waals surface area contributed by atoms with Crippen molar-refractivity contribution in [2.24, 2.45) is 0 Å². The Labute approximate surface area is 181 Å². The number of anilines is 1. The highest BCUT2D eigenvalue weighted by molar-refractivity contribution is 5.94. The van der Waals surface area contributed by atoms with Crippen molar-refractivity contribution >= 4 is 11.9 Å². The predicted molar refractivity (Wildman–Crippen MR) is 117 cm³/mol. The molecule has 1 saturated heterocycles. The van der Waals surface area contributed by atoms with Crippen LogP contribution in [0.25, 0.3) is 0 Å². The van der Waals surface area contributed by atoms with Crippen LogP contribution in [0.2, 0.25) is 0 Å². The Balaban J connectivity index is 1.37. The topological polar surface area (TPSA) is 58.6 Å². The normalized spacial score (nSPS) is 14.1. The summed E-state index contributed by atoms with van der Waals surface area (Å²) in [6.45, 7) is 6.73. The SMILES string of the molecule is CC(C)c1ccc(C(=O)N2CCN(c3nccc(Oc4ccc(F)cc4)n3)CC2)cc1. The average Bonchev–Trinajstić information content (AvgIpc) is 2.80. The number of carbonyl (C=O) groups is 1. The second-order valence-corrected chi connectivity index (χ2v) is 7.81. The lowest BCUT2D eigenvalue weighted by molar-refractivity contribution is 0.0746. The van der Waals surface area contributed by atoms with Gasteiger partial charge in [-0.1, -0.05) is 26.0 Å². The molecule has 160 valence electrons. The first-order valence-electron chi connectivity index (χ1n) is 10.4. The molecule has 2 heterocycles. The molecule has 0 saturated carbocycles. The molecule has 1 aliphatic rings. The lowest BCUT2D eigenvalue weighted by Crippen LogP contribution is -2.49. The summed E-state index contributed by atoms with van der Waals surface area (Å²) < 4.78 is 18.8. The van der Waals surface area contributed by atoms with Crippen LogP contribution in [-0.2, 0) is 0 Å². The van der Waals surface area contributed by atoms with Crippen molar-refractivity contribution in [1.29, 1.82) is 0 Å². The van der Waals surface area contributed by atoms with Gasteiger partial charge in [0, 0.05) is 44.0 Å². The number of ether oxygens (including phenoxy) is 1. The molecule has 0 bridgehead atoms. The maximum absolute atomic E-state index is 13.1. The van der Waals surface area contributed by atoms with Gasteiger partial charge in [0.15, 0.2) is 0 Å². The largest absolute Gasteiger partial charge is 0.439 e. The van der Waals surface area contributed by atoms with Crippen molar-refractivity contribution in [3.63, 3.8) is 0 Å². The highest BCUT2D eigenvalue weighted by Crippen LogP contribution is 2.22. The van der Waals surface area contributed by atoms with Crippen molar-refractivity contribution < 1.29 is 13.9 Å². The molecular weight excluding hydrogens is 395 g/mol. The van der Waals surface area contributed by atoms with E-state index in [1.165, 1.54) is 17.7 Å². The number of rotatable bonds is 5. The summed E-state index contributed by atoms with van der Waals surface area (Å²) in [5.41, 5.74) is 1.94. The van der Waals surface area contributed by atoms with E-state index in [2.05, 4.69) is 23.8 Å². The highest BCUT2D eigenvalue weighted by atomic mass is 19.1. The fraction of sp³-hybridized carbons (Fsp3) is 0.292. The predicted octanol–water partition coefficient (Wildman–Crippen LogP) is 4.49. The minimum Gasteiger partial charge on any atom is -0.439 e. The summed E-state index contributed by atoms with van der Waals surface area (Å²) in [5.74, 6) is 1.61. The van der Waals surface area contributed by atoms with Crippen LogP contribution < -0.4 is 9.64 Å². The molecule has 31 heavy (non-hydrogen) atoms. The first kappa shape index (κ1) is 20.8. The summed E-state index contributed by atoms with van der Waals surface area (Å²) in [5, 5.41) is 0. The molecule has 1 aromatic heterocycles. The Morgan fingerprint density at radius 2 is 1.65 bits per heavy atom. The van der Waals surface area contributed by atoms with E-state index in [4.69, 9.17) is 4.74 Å². The summed E-state index contributed by atoms with van der Waals surface area (Å²) in [6, 6.07) is 15.3. The number of aromatic nitrogens is 2. The zero-order valence-corrected chi connectivity index (χ0v) is 17.7. The molecule has 0 aliphatic carbocycles. The molecule has 1 aliphatic heterocycles. The fourth-order valence-electron chi connectivity index (χ4n) is 3.47. The Morgan fingerprint density at radius 1 is 0.968 bits per heavy atom. The molecule has 0 atom stereocenters. The van der Waals surface area contributed by atoms with E-state index in [1.807, 2.05) is 34.1 Å². The number of benzene rings is 2. The van der Waals surface area contributed by atoms with Gasteiger partial charge in [0.1, 0.15) is 11.6 Å². The number of amides is 1. The van der Waals surface area contributed by atoms with Crippen LogP contribution in [0.1, 0.15) is 35.7 Å². The first-order valence-corrected chi connectivity index (χ1v) is 10.4. The number of nitrogens with zero attached hydrogens (tertiary/aromatic N) is 4. The van der Waals surface area contributed by atoms with E-state index < -0.39 is 0 Å². The molecule has 6 nitrogen and oxygen atoms in total. The first-order chi connectivity index (χ1) is 15.0. The summed E-state index contributed by atoms with van der Waals surface area (Å²) in [4.78, 5) is 25.5. The van der Waals surface area contributed by atoms with Crippen molar-refractivity contribution in [3.8, 4) is 11.6 Å². The van der Waals surface area contributed by atoms with Crippen LogP contribution in [0, 0.1) is 5.82 Å². The number of halogens is 1. The lowest BCUT2D eigenvalue weighted by atomic mass is 10.0. The molecular formula is C24H25FN4O2. The third-order valence-electron chi connectivity index (χ3n) is 5.33. The molecule has 1 fully saturated rings. The van der Waals surface area contributed by atoms with Gasteiger partial charge in [0.05, 0.1) is 0 Å². The summed E-state index contributed by atoms with van der Waals surface area (Å²) >= 11 is 0. The van der Waals surface area contributed by atoms with E-state index in [-0.39, 0.29) is 11.7 Å². The number of hydrogen-bond donors (Lipinski definition) is 0. The smallest absolute Gasteiger partial charge is 0.253 e. The van der Waals surface area contributed by atoms with Crippen molar-refractivity contribution in [2.45, 2.75) is 19.8 Å². The number of carbonyl (C=O) groups excluding carboxylic acids is 1. The molecule has 0 unspecified atom stereocenters. The molecule has 4 rings (SSSR count). The van der Waals surface area contributed by atoms with Crippen molar-refractivity contribution in [2.75, 3.05) is 31.1 Å². The summed E-state index contributed by atoms with van der Waals surface area (Å²) in [6.07, 6.45) is 1.63. The Hall–Kier alpha value is -3.48. The van der Waals surface area contributed by atoms with E-state index in [1.54, 1.807) is 24.4 Å². The molecule has 0 spiro atoms. The minimum absolute atomic E-state index is 0.0456. The monoisotopic (exact) mass is 420 g/mol. The van der Waals surface area contributed by atoms with Gasteiger partial charge >= 0.3 is 0 Å². The quantitative estimate of drug-likeness (QED) is 0.609. The van der Waals surface area contributed by atoms with Gasteiger partial charge in [-0.3, -0.25) is 4.79 Å². The van der Waals surface area contributed by atoms with Crippen LogP contribution in [0.3, 0.4) is 0 Å². The highest BCUT2D eigenvalue weighted by Gasteiger charge is 2.24. The molecule has 0 radical (unpaired) electrons. The van der Waals surface area contributed by atoms with Gasteiger partial charge in [0.2, 0.25) is 11.8 Å². The maximum atomic E-state index is 13.1. The minimum atomic E-state index is -0.320. The molecule has 7 heteroatoms. The van der Waals surface area contributed by atoms with Gasteiger partial charge in [-0.05, 0) is 47.9 Å². The molecule has 1 amide bonds. The number of hydrogen-bond acceptors (Lipinski definition) is 5. The third-order valence-corrected chi connectivity index (χ3v) is 5.33. The van der Waals surface area contributed by atoms with Crippen LogP contribution in [0.15, 0.2) is 60.8 Å². The fourth-order valence-corrected chi connectivity index (χ4v) is 3.47. The average molecular weight is 420 g/mol. The van der Waals surface area contributed by atoms with Crippen LogP contribution in [-0.4, -0.2) is 47.0 Å². The van der Waals surface area contributed by atoms with Gasteiger partial charge < -0.3 is 14.5 Å². The van der Waals surface area contributed by atoms with E-state index in [9.17, 15) is 9.18 Å². The zero-order valence-electron chi connectivity index (χ0n) is 17.7. The van der Waals surface area contributed by atoms with Gasteiger partial charge in [-0.15, -0.1) is 0 Å². The Bertz CT molecular complexity index is 1030. The number of piperazine rings is 1. The standard InChI is InChI=1S/C24H25FN4O2/c1-17(2)18-3-5-19(6-4-18)23(30)28-13-15-29(16-14-28)24-26-12-11-22(27-24)31-21-9-7-20(25)8-10-21/h3-12,17H,13-16H2,1-2H3. The third kappa shape index (κ3) is 4.99.